The second kappa shape index (κ2) is 11.1. The van der Waals surface area contributed by atoms with Crippen molar-refractivity contribution in [3.8, 4) is 56.5 Å². The highest BCUT2D eigenvalue weighted by Crippen LogP contribution is 2.39. The van der Waals surface area contributed by atoms with Crippen molar-refractivity contribution in [3.05, 3.63) is 146 Å². The van der Waals surface area contributed by atoms with Crippen LogP contribution in [0.4, 0.5) is 0 Å². The van der Waals surface area contributed by atoms with Gasteiger partial charge in [0.15, 0.2) is 17.5 Å². The van der Waals surface area contributed by atoms with E-state index >= 15 is 0 Å². The summed E-state index contributed by atoms with van der Waals surface area (Å²) in [5, 5.41) is 2.88. The van der Waals surface area contributed by atoms with E-state index in [4.69, 9.17) is 29.3 Å². The van der Waals surface area contributed by atoms with E-state index in [-0.39, 0.29) is 0 Å². The maximum absolute atomic E-state index is 6.05. The summed E-state index contributed by atoms with van der Waals surface area (Å²) in [4.78, 5) is 28.6. The van der Waals surface area contributed by atoms with Crippen molar-refractivity contribution in [2.75, 3.05) is 0 Å². The minimum absolute atomic E-state index is 0.559. The zero-order valence-electron chi connectivity index (χ0n) is 24.9. The van der Waals surface area contributed by atoms with Crippen molar-refractivity contribution >= 4 is 33.0 Å². The van der Waals surface area contributed by atoms with Crippen molar-refractivity contribution in [2.45, 2.75) is 0 Å². The van der Waals surface area contributed by atoms with Gasteiger partial charge in [0.25, 0.3) is 0 Å². The second-order valence-electron chi connectivity index (χ2n) is 11.2. The average Bonchev–Trinajstić information content (AvgIpc) is 3.54. The summed E-state index contributed by atoms with van der Waals surface area (Å²) in [6.45, 7) is 0. The normalized spacial score (nSPS) is 11.4. The lowest BCUT2D eigenvalue weighted by Gasteiger charge is -2.12. The molecule has 0 saturated carbocycles. The number of pyridine rings is 1. The van der Waals surface area contributed by atoms with Crippen molar-refractivity contribution < 1.29 is 4.42 Å². The van der Waals surface area contributed by atoms with Gasteiger partial charge in [0, 0.05) is 39.2 Å². The summed E-state index contributed by atoms with van der Waals surface area (Å²) in [5.74, 6) is 1.89. The zero-order chi connectivity index (χ0) is 31.2. The molecule has 0 amide bonds. The Morgan fingerprint density at radius 2 is 1.00 bits per heavy atom. The van der Waals surface area contributed by atoms with Gasteiger partial charge in [-0.1, -0.05) is 115 Å². The van der Waals surface area contributed by atoms with Gasteiger partial charge in [-0.15, -0.1) is 0 Å². The van der Waals surface area contributed by atoms with Crippen LogP contribution in [0.2, 0.25) is 0 Å². The zero-order valence-corrected chi connectivity index (χ0v) is 24.9. The molecule has 7 nitrogen and oxygen atoms in total. The molecule has 220 valence electrons. The van der Waals surface area contributed by atoms with Crippen LogP contribution in [0.5, 0.6) is 0 Å². The highest BCUT2D eigenvalue weighted by atomic mass is 16.3. The summed E-state index contributed by atoms with van der Waals surface area (Å²) in [6.07, 6.45) is 3.37. The molecule has 0 unspecified atom stereocenters. The molecular weight excluding hydrogens is 580 g/mol. The Labute approximate surface area is 269 Å². The van der Waals surface area contributed by atoms with Gasteiger partial charge in [0.05, 0.1) is 16.6 Å². The average molecular weight is 605 g/mol. The van der Waals surface area contributed by atoms with Gasteiger partial charge >= 0.3 is 0 Å². The van der Waals surface area contributed by atoms with Crippen molar-refractivity contribution in [3.63, 3.8) is 0 Å². The van der Waals surface area contributed by atoms with Crippen molar-refractivity contribution in [2.24, 2.45) is 0 Å². The predicted octanol–water partition coefficient (Wildman–Crippen LogP) is 9.44. The lowest BCUT2D eigenvalue weighted by molar-refractivity contribution is 0.653. The quantitative estimate of drug-likeness (QED) is 0.193. The van der Waals surface area contributed by atoms with E-state index in [2.05, 4.69) is 47.4 Å². The first kappa shape index (κ1) is 26.8. The summed E-state index contributed by atoms with van der Waals surface area (Å²) < 4.78 is 6.05. The van der Waals surface area contributed by atoms with Gasteiger partial charge in [-0.3, -0.25) is 4.98 Å². The minimum atomic E-state index is 0.559. The van der Waals surface area contributed by atoms with Crippen LogP contribution in [-0.4, -0.2) is 29.9 Å². The van der Waals surface area contributed by atoms with Crippen LogP contribution in [0.15, 0.2) is 150 Å². The standard InChI is InChI=1S/C40H24N6O/c1-3-10-26(11-4-1)37-44-38(27-12-5-2-6-13-27)46-39(45-37)28-19-17-25(18-20-28)29-21-22-32(35-30(29)15-9-23-41-35)36-34-31-14-7-8-16-33(31)47-40(34)43-24-42-36/h1-24H. The fourth-order valence-electron chi connectivity index (χ4n) is 6.11. The van der Waals surface area contributed by atoms with Crippen molar-refractivity contribution in [1.29, 1.82) is 0 Å². The number of aromatic nitrogens is 6. The largest absolute Gasteiger partial charge is 0.438 e. The van der Waals surface area contributed by atoms with Crippen LogP contribution in [-0.2, 0) is 0 Å². The summed E-state index contributed by atoms with van der Waals surface area (Å²) in [7, 11) is 0. The first-order chi connectivity index (χ1) is 23.3. The van der Waals surface area contributed by atoms with Crippen LogP contribution in [0.3, 0.4) is 0 Å². The molecule has 0 fully saturated rings. The van der Waals surface area contributed by atoms with E-state index in [9.17, 15) is 0 Å². The fourth-order valence-corrected chi connectivity index (χ4v) is 6.11. The highest BCUT2D eigenvalue weighted by Gasteiger charge is 2.19. The summed E-state index contributed by atoms with van der Waals surface area (Å²) in [6, 6.07) is 44.6. The maximum Gasteiger partial charge on any atom is 0.230 e. The van der Waals surface area contributed by atoms with Crippen LogP contribution in [0.1, 0.15) is 0 Å². The smallest absolute Gasteiger partial charge is 0.230 e. The molecule has 7 heteroatoms. The topological polar surface area (TPSA) is 90.5 Å². The molecule has 0 aliphatic carbocycles. The Morgan fingerprint density at radius 1 is 0.426 bits per heavy atom. The van der Waals surface area contributed by atoms with E-state index < -0.39 is 0 Å². The van der Waals surface area contributed by atoms with Crippen LogP contribution >= 0.6 is 0 Å². The van der Waals surface area contributed by atoms with Crippen molar-refractivity contribution in [1.82, 2.24) is 29.9 Å². The molecule has 0 atom stereocenters. The summed E-state index contributed by atoms with van der Waals surface area (Å²) in [5.41, 5.74) is 8.82. The van der Waals surface area contributed by atoms with Gasteiger partial charge < -0.3 is 4.42 Å². The molecule has 0 aliphatic rings. The first-order valence-corrected chi connectivity index (χ1v) is 15.3. The number of nitrogens with zero attached hydrogens (tertiary/aromatic N) is 6. The van der Waals surface area contributed by atoms with Gasteiger partial charge in [-0.25, -0.2) is 24.9 Å². The highest BCUT2D eigenvalue weighted by molar-refractivity contribution is 6.13. The van der Waals surface area contributed by atoms with Gasteiger partial charge in [0.1, 0.15) is 11.9 Å². The van der Waals surface area contributed by atoms with Gasteiger partial charge in [-0.05, 0) is 29.3 Å². The Bertz CT molecular complexity index is 2510. The Morgan fingerprint density at radius 3 is 1.70 bits per heavy atom. The molecule has 4 aromatic heterocycles. The Kier molecular flexibility index (Phi) is 6.31. The Hall–Kier alpha value is -6.60. The SMILES string of the molecule is c1ccc(-c2nc(-c3ccccc3)nc(-c3ccc(-c4ccc(-c5ncnc6oc7ccccc7c56)c5ncccc45)cc3)n2)cc1. The molecule has 0 spiro atoms. The minimum Gasteiger partial charge on any atom is -0.438 e. The first-order valence-electron chi connectivity index (χ1n) is 15.3. The molecule has 0 N–H and O–H groups in total. The number of rotatable bonds is 5. The number of para-hydroxylation sites is 1. The van der Waals surface area contributed by atoms with Crippen LogP contribution in [0.25, 0.3) is 89.5 Å². The van der Waals surface area contributed by atoms with Crippen LogP contribution in [0, 0.1) is 0 Å². The third-order valence-corrected chi connectivity index (χ3v) is 8.35. The molecular formula is C40H24N6O. The third kappa shape index (κ3) is 4.69. The molecule has 4 heterocycles. The van der Waals surface area contributed by atoms with Gasteiger partial charge in [-0.2, -0.15) is 0 Å². The molecule has 9 rings (SSSR count). The third-order valence-electron chi connectivity index (χ3n) is 8.35. The molecule has 0 radical (unpaired) electrons. The number of benzene rings is 5. The van der Waals surface area contributed by atoms with E-state index in [0.717, 1.165) is 66.3 Å². The van der Waals surface area contributed by atoms with Crippen LogP contribution < -0.4 is 0 Å². The number of furan rings is 1. The number of fused-ring (bicyclic) bond motifs is 4. The van der Waals surface area contributed by atoms with E-state index in [1.807, 2.05) is 97.2 Å². The van der Waals surface area contributed by atoms with E-state index in [1.54, 1.807) is 6.33 Å². The molecule has 47 heavy (non-hydrogen) atoms. The van der Waals surface area contributed by atoms with E-state index in [1.165, 1.54) is 0 Å². The molecule has 9 aromatic rings. The predicted molar refractivity (Wildman–Crippen MR) is 185 cm³/mol. The van der Waals surface area contributed by atoms with Gasteiger partial charge in [0.2, 0.25) is 5.71 Å². The fraction of sp³-hybridized carbons (Fsp3) is 0. The number of hydrogen-bond acceptors (Lipinski definition) is 7. The van der Waals surface area contributed by atoms with E-state index in [0.29, 0.717) is 23.2 Å². The maximum atomic E-state index is 6.05. The lowest BCUT2D eigenvalue weighted by atomic mass is 9.95. The Balaban J connectivity index is 1.15. The second-order valence-corrected chi connectivity index (χ2v) is 11.2. The monoisotopic (exact) mass is 604 g/mol. The molecule has 5 aromatic carbocycles. The molecule has 0 saturated heterocycles. The summed E-state index contributed by atoms with van der Waals surface area (Å²) >= 11 is 0. The molecule has 0 aliphatic heterocycles. The number of hydrogen-bond donors (Lipinski definition) is 0. The molecule has 0 bridgehead atoms. The lowest BCUT2D eigenvalue weighted by Crippen LogP contribution is -2.00.